The maximum Gasteiger partial charge on any atom is 0.407 e. The second kappa shape index (κ2) is 10.5. The van der Waals surface area contributed by atoms with Crippen LogP contribution in [0.4, 0.5) is 10.5 Å². The first-order chi connectivity index (χ1) is 13.8. The van der Waals surface area contributed by atoms with E-state index >= 15 is 0 Å². The van der Waals surface area contributed by atoms with E-state index in [-0.39, 0.29) is 18.1 Å². The standard InChI is InChI=1S/C19H29ClN4O5/c1-23(19(26)27)6-4-7-24-8-5-15(17(11-24)29-3)22-18(25)12-9-13(20)14(21)10-16(12)28-2/h9-10,15,17H,4-8,11,21H2,1-3H3,(H,22,25)(H,26,27)/t15-,17+/m1/s1. The normalized spacial score (nSPS) is 19.6. The molecule has 162 valence electrons. The molecule has 2 rings (SSSR count). The lowest BCUT2D eigenvalue weighted by molar-refractivity contribution is 0.00567. The number of nitrogens with two attached hydrogens (primary N) is 1. The third-order valence-electron chi connectivity index (χ3n) is 5.12. The predicted molar refractivity (Wildman–Crippen MR) is 111 cm³/mol. The molecule has 1 aliphatic rings. The minimum atomic E-state index is -0.931. The summed E-state index contributed by atoms with van der Waals surface area (Å²) >= 11 is 6.06. The van der Waals surface area contributed by atoms with E-state index in [1.165, 1.54) is 24.1 Å². The first-order valence-electron chi connectivity index (χ1n) is 9.39. The molecule has 0 unspecified atom stereocenters. The number of hydrogen-bond acceptors (Lipinski definition) is 6. The number of piperidine rings is 1. The van der Waals surface area contributed by atoms with Crippen LogP contribution in [0.25, 0.3) is 0 Å². The molecular weight excluding hydrogens is 400 g/mol. The second-order valence-electron chi connectivity index (χ2n) is 7.08. The summed E-state index contributed by atoms with van der Waals surface area (Å²) < 4.78 is 10.9. The molecule has 1 saturated heterocycles. The van der Waals surface area contributed by atoms with Crippen molar-refractivity contribution < 1.29 is 24.2 Å². The lowest BCUT2D eigenvalue weighted by Crippen LogP contribution is -2.55. The number of nitrogens with zero attached hydrogens (tertiary/aromatic N) is 2. The van der Waals surface area contributed by atoms with Gasteiger partial charge >= 0.3 is 6.09 Å². The number of hydrogen-bond donors (Lipinski definition) is 3. The molecule has 0 aliphatic carbocycles. The number of rotatable bonds is 8. The van der Waals surface area contributed by atoms with Crippen LogP contribution >= 0.6 is 11.6 Å². The van der Waals surface area contributed by atoms with Crippen LogP contribution in [0.15, 0.2) is 12.1 Å². The molecule has 29 heavy (non-hydrogen) atoms. The third-order valence-corrected chi connectivity index (χ3v) is 5.45. The van der Waals surface area contributed by atoms with Crippen molar-refractivity contribution in [1.29, 1.82) is 0 Å². The quantitative estimate of drug-likeness (QED) is 0.540. The average molecular weight is 429 g/mol. The molecule has 1 aromatic carbocycles. The number of carboxylic acid groups (broad SMARTS) is 1. The van der Waals surface area contributed by atoms with E-state index in [2.05, 4.69) is 10.2 Å². The zero-order chi connectivity index (χ0) is 21.6. The van der Waals surface area contributed by atoms with Crippen molar-refractivity contribution >= 4 is 29.3 Å². The average Bonchev–Trinajstić information content (AvgIpc) is 2.70. The van der Waals surface area contributed by atoms with E-state index in [0.717, 1.165) is 19.5 Å². The number of benzene rings is 1. The Morgan fingerprint density at radius 1 is 1.41 bits per heavy atom. The number of nitrogens with one attached hydrogen (secondary N) is 1. The molecule has 1 heterocycles. The summed E-state index contributed by atoms with van der Waals surface area (Å²) in [5.41, 5.74) is 6.44. The van der Waals surface area contributed by atoms with Crippen molar-refractivity contribution in [2.24, 2.45) is 0 Å². The Labute approximate surface area is 175 Å². The highest BCUT2D eigenvalue weighted by molar-refractivity contribution is 6.33. The van der Waals surface area contributed by atoms with Gasteiger partial charge in [0.15, 0.2) is 0 Å². The molecule has 0 radical (unpaired) electrons. The summed E-state index contributed by atoms with van der Waals surface area (Å²) in [5, 5.41) is 12.2. The van der Waals surface area contributed by atoms with Crippen molar-refractivity contribution in [3.05, 3.63) is 22.7 Å². The van der Waals surface area contributed by atoms with Crippen molar-refractivity contribution in [2.45, 2.75) is 25.0 Å². The second-order valence-corrected chi connectivity index (χ2v) is 7.48. The van der Waals surface area contributed by atoms with Crippen LogP contribution in [-0.4, -0.2) is 86.5 Å². The molecule has 1 aromatic rings. The number of carbonyl (C=O) groups excluding carboxylic acids is 1. The van der Waals surface area contributed by atoms with Crippen LogP contribution in [-0.2, 0) is 4.74 Å². The molecule has 1 fully saturated rings. The summed E-state index contributed by atoms with van der Waals surface area (Å²) in [4.78, 5) is 27.1. The van der Waals surface area contributed by atoms with Crippen molar-refractivity contribution in [3.8, 4) is 5.75 Å². The van der Waals surface area contributed by atoms with Crippen LogP contribution in [0, 0.1) is 0 Å². The molecular formula is C19H29ClN4O5. The van der Waals surface area contributed by atoms with Crippen LogP contribution in [0.3, 0.4) is 0 Å². The minimum Gasteiger partial charge on any atom is -0.496 e. The zero-order valence-corrected chi connectivity index (χ0v) is 17.7. The number of likely N-dealkylation sites (tertiary alicyclic amines) is 1. The van der Waals surface area contributed by atoms with Gasteiger partial charge in [-0.1, -0.05) is 11.6 Å². The highest BCUT2D eigenvalue weighted by Crippen LogP contribution is 2.29. The van der Waals surface area contributed by atoms with Gasteiger partial charge in [-0.2, -0.15) is 0 Å². The van der Waals surface area contributed by atoms with Crippen LogP contribution in [0.2, 0.25) is 5.02 Å². The van der Waals surface area contributed by atoms with Crippen LogP contribution in [0.5, 0.6) is 5.75 Å². The molecule has 2 atom stereocenters. The number of methoxy groups -OCH3 is 2. The van der Waals surface area contributed by atoms with Gasteiger partial charge in [-0.25, -0.2) is 4.79 Å². The fourth-order valence-electron chi connectivity index (χ4n) is 3.38. The predicted octanol–water partition coefficient (Wildman–Crippen LogP) is 1.75. The molecule has 1 aliphatic heterocycles. The van der Waals surface area contributed by atoms with Gasteiger partial charge in [0.05, 0.1) is 35.5 Å². The highest BCUT2D eigenvalue weighted by atomic mass is 35.5. The van der Waals surface area contributed by atoms with Crippen molar-refractivity contribution in [3.63, 3.8) is 0 Å². The molecule has 9 nitrogen and oxygen atoms in total. The van der Waals surface area contributed by atoms with Crippen molar-refractivity contribution in [2.75, 3.05) is 53.2 Å². The monoisotopic (exact) mass is 428 g/mol. The molecule has 0 spiro atoms. The van der Waals surface area contributed by atoms with Crippen LogP contribution in [0.1, 0.15) is 23.2 Å². The number of ether oxygens (including phenoxy) is 2. The Kier molecular flexibility index (Phi) is 8.36. The van der Waals surface area contributed by atoms with Gasteiger partial charge in [0.25, 0.3) is 5.91 Å². The number of nitrogen functional groups attached to an aromatic ring is 1. The molecule has 10 heteroatoms. The Balaban J connectivity index is 1.94. The number of carbonyl (C=O) groups is 2. The summed E-state index contributed by atoms with van der Waals surface area (Å²) in [7, 11) is 4.64. The van der Waals surface area contributed by atoms with Gasteiger partial charge in [0.1, 0.15) is 5.75 Å². The number of anilines is 1. The van der Waals surface area contributed by atoms with Crippen LogP contribution < -0.4 is 15.8 Å². The summed E-state index contributed by atoms with van der Waals surface area (Å²) in [6, 6.07) is 2.87. The SMILES string of the molecule is COc1cc(N)c(Cl)cc1C(=O)N[C@@H]1CCN(CCCN(C)C(=O)O)C[C@@H]1OC. The number of amides is 2. The molecule has 2 amide bonds. The lowest BCUT2D eigenvalue weighted by atomic mass is 10.0. The Hall–Kier alpha value is -2.23. The number of halogens is 1. The van der Waals surface area contributed by atoms with E-state index in [1.807, 2.05) is 0 Å². The first-order valence-corrected chi connectivity index (χ1v) is 9.77. The Morgan fingerprint density at radius 3 is 2.76 bits per heavy atom. The van der Waals surface area contributed by atoms with E-state index in [0.29, 0.717) is 41.5 Å². The summed E-state index contributed by atoms with van der Waals surface area (Å²) in [6.45, 7) is 2.67. The maximum absolute atomic E-state index is 12.8. The Morgan fingerprint density at radius 2 is 2.14 bits per heavy atom. The summed E-state index contributed by atoms with van der Waals surface area (Å²) in [5.74, 6) is 0.0608. The highest BCUT2D eigenvalue weighted by Gasteiger charge is 2.31. The maximum atomic E-state index is 12.8. The summed E-state index contributed by atoms with van der Waals surface area (Å²) in [6.07, 6.45) is 0.334. The van der Waals surface area contributed by atoms with E-state index in [9.17, 15) is 9.59 Å². The van der Waals surface area contributed by atoms with E-state index < -0.39 is 6.09 Å². The molecule has 0 saturated carbocycles. The fraction of sp³-hybridized carbons (Fsp3) is 0.579. The Bertz CT molecular complexity index is 733. The van der Waals surface area contributed by atoms with Crippen molar-refractivity contribution in [1.82, 2.24) is 15.1 Å². The van der Waals surface area contributed by atoms with Gasteiger partial charge in [-0.3, -0.25) is 4.79 Å². The molecule has 0 aromatic heterocycles. The van der Waals surface area contributed by atoms with Gasteiger partial charge in [-0.05, 0) is 25.5 Å². The largest absolute Gasteiger partial charge is 0.496 e. The lowest BCUT2D eigenvalue weighted by Gasteiger charge is -2.38. The van der Waals surface area contributed by atoms with E-state index in [1.54, 1.807) is 14.2 Å². The van der Waals surface area contributed by atoms with Gasteiger partial charge < -0.3 is 35.4 Å². The third kappa shape index (κ3) is 6.12. The van der Waals surface area contributed by atoms with Gasteiger partial charge in [0, 0.05) is 39.9 Å². The topological polar surface area (TPSA) is 117 Å². The fourth-order valence-corrected chi connectivity index (χ4v) is 3.54. The molecule has 4 N–H and O–H groups in total. The zero-order valence-electron chi connectivity index (χ0n) is 17.0. The minimum absolute atomic E-state index is 0.161. The van der Waals surface area contributed by atoms with E-state index in [4.69, 9.17) is 31.9 Å². The smallest absolute Gasteiger partial charge is 0.407 e. The first kappa shape index (κ1) is 23.1. The van der Waals surface area contributed by atoms with Gasteiger partial charge in [0.2, 0.25) is 0 Å². The van der Waals surface area contributed by atoms with Gasteiger partial charge in [-0.15, -0.1) is 0 Å². The molecule has 0 bridgehead atoms.